The van der Waals surface area contributed by atoms with Gasteiger partial charge >= 0.3 is 0 Å². The highest BCUT2D eigenvalue weighted by molar-refractivity contribution is 5.37. The van der Waals surface area contributed by atoms with E-state index in [2.05, 4.69) is 6.07 Å². The fourth-order valence-corrected chi connectivity index (χ4v) is 2.24. The molecule has 2 aromatic carbocycles. The second-order valence-corrected chi connectivity index (χ2v) is 4.84. The molecule has 0 aliphatic heterocycles. The Morgan fingerprint density at radius 3 is 2.58 bits per heavy atom. The topological polar surface area (TPSA) is 23.8 Å². The van der Waals surface area contributed by atoms with Crippen LogP contribution in [0.15, 0.2) is 42.5 Å². The van der Waals surface area contributed by atoms with Crippen LogP contribution in [0.25, 0.3) is 0 Å². The number of hydrogen-bond donors (Lipinski definition) is 0. The van der Waals surface area contributed by atoms with Crippen molar-refractivity contribution in [1.82, 2.24) is 0 Å². The van der Waals surface area contributed by atoms with Crippen LogP contribution in [0.5, 0.6) is 0 Å². The standard InChI is InChI=1S/C17H16FN/c1-12-7-8-13(2)16(9-12)15(11-19)10-14-5-3-4-6-17(14)18/h3-9,15H,10H2,1-2H3. The predicted molar refractivity (Wildman–Crippen MR) is 74.4 cm³/mol. The van der Waals surface area contributed by atoms with E-state index >= 15 is 0 Å². The van der Waals surface area contributed by atoms with Gasteiger partial charge in [0, 0.05) is 0 Å². The molecule has 0 N–H and O–H groups in total. The molecule has 0 aromatic heterocycles. The maximum atomic E-state index is 13.7. The Kier molecular flexibility index (Phi) is 3.97. The molecule has 96 valence electrons. The smallest absolute Gasteiger partial charge is 0.126 e. The lowest BCUT2D eigenvalue weighted by Gasteiger charge is -2.14. The lowest BCUT2D eigenvalue weighted by molar-refractivity contribution is 0.604. The number of benzene rings is 2. The van der Waals surface area contributed by atoms with E-state index in [1.54, 1.807) is 18.2 Å². The normalized spacial score (nSPS) is 11.9. The average molecular weight is 253 g/mol. The van der Waals surface area contributed by atoms with E-state index in [4.69, 9.17) is 0 Å². The first-order valence-corrected chi connectivity index (χ1v) is 6.32. The second kappa shape index (κ2) is 5.67. The van der Waals surface area contributed by atoms with Crippen LogP contribution >= 0.6 is 0 Å². The first-order chi connectivity index (χ1) is 9.11. The molecule has 0 fully saturated rings. The summed E-state index contributed by atoms with van der Waals surface area (Å²) in [5.41, 5.74) is 3.78. The summed E-state index contributed by atoms with van der Waals surface area (Å²) in [5.74, 6) is -0.551. The Bertz CT molecular complexity index is 625. The fraction of sp³-hybridized carbons (Fsp3) is 0.235. The molecule has 19 heavy (non-hydrogen) atoms. The summed E-state index contributed by atoms with van der Waals surface area (Å²) in [5, 5.41) is 9.37. The zero-order valence-electron chi connectivity index (χ0n) is 11.2. The Labute approximate surface area is 113 Å². The zero-order chi connectivity index (χ0) is 13.8. The van der Waals surface area contributed by atoms with Gasteiger partial charge in [0.05, 0.1) is 12.0 Å². The third kappa shape index (κ3) is 3.00. The van der Waals surface area contributed by atoms with Crippen molar-refractivity contribution in [2.24, 2.45) is 0 Å². The third-order valence-corrected chi connectivity index (χ3v) is 3.35. The number of aryl methyl sites for hydroxylation is 2. The van der Waals surface area contributed by atoms with Gasteiger partial charge in [-0.1, -0.05) is 42.0 Å². The monoisotopic (exact) mass is 253 g/mol. The van der Waals surface area contributed by atoms with Gasteiger partial charge in [-0.25, -0.2) is 4.39 Å². The zero-order valence-corrected chi connectivity index (χ0v) is 11.2. The molecule has 1 atom stereocenters. The van der Waals surface area contributed by atoms with E-state index in [9.17, 15) is 9.65 Å². The molecule has 0 spiro atoms. The number of halogens is 1. The molecule has 0 aliphatic carbocycles. The summed E-state index contributed by atoms with van der Waals surface area (Å²) < 4.78 is 13.7. The van der Waals surface area contributed by atoms with Gasteiger partial charge in [-0.15, -0.1) is 0 Å². The van der Waals surface area contributed by atoms with Crippen molar-refractivity contribution in [1.29, 1.82) is 5.26 Å². The van der Waals surface area contributed by atoms with Gasteiger partial charge in [0.15, 0.2) is 0 Å². The Morgan fingerprint density at radius 1 is 1.16 bits per heavy atom. The summed E-state index contributed by atoms with van der Waals surface area (Å²) in [4.78, 5) is 0. The van der Waals surface area contributed by atoms with Gasteiger partial charge in [0.1, 0.15) is 5.82 Å². The highest BCUT2D eigenvalue weighted by Gasteiger charge is 2.16. The number of nitrogens with zero attached hydrogens (tertiary/aromatic N) is 1. The number of rotatable bonds is 3. The van der Waals surface area contributed by atoms with Crippen LogP contribution in [0.2, 0.25) is 0 Å². The molecule has 0 amide bonds. The third-order valence-electron chi connectivity index (χ3n) is 3.35. The van der Waals surface area contributed by atoms with Gasteiger partial charge in [0.2, 0.25) is 0 Å². The number of nitriles is 1. The minimum atomic E-state index is -0.309. The molecule has 2 rings (SSSR count). The molecule has 2 aromatic rings. The molecule has 1 unspecified atom stereocenters. The van der Waals surface area contributed by atoms with Crippen molar-refractivity contribution in [3.63, 3.8) is 0 Å². The van der Waals surface area contributed by atoms with E-state index in [-0.39, 0.29) is 11.7 Å². The van der Waals surface area contributed by atoms with Crippen LogP contribution in [0, 0.1) is 31.0 Å². The lowest BCUT2D eigenvalue weighted by atomic mass is 9.89. The molecule has 0 bridgehead atoms. The van der Waals surface area contributed by atoms with Crippen LogP contribution in [0.1, 0.15) is 28.2 Å². The maximum absolute atomic E-state index is 13.7. The van der Waals surface area contributed by atoms with Crippen molar-refractivity contribution < 1.29 is 4.39 Å². The van der Waals surface area contributed by atoms with E-state index in [1.807, 2.05) is 32.0 Å². The number of hydrogen-bond acceptors (Lipinski definition) is 1. The molecule has 0 saturated carbocycles. The molecule has 0 heterocycles. The Morgan fingerprint density at radius 2 is 1.89 bits per heavy atom. The molecular weight excluding hydrogens is 237 g/mol. The van der Waals surface area contributed by atoms with Crippen LogP contribution < -0.4 is 0 Å². The molecule has 0 saturated heterocycles. The van der Waals surface area contributed by atoms with Crippen LogP contribution in [0.3, 0.4) is 0 Å². The summed E-state index contributed by atoms with van der Waals surface area (Å²) in [7, 11) is 0. The minimum absolute atomic E-state index is 0.243. The first-order valence-electron chi connectivity index (χ1n) is 6.32. The Balaban J connectivity index is 2.34. The van der Waals surface area contributed by atoms with E-state index in [0.29, 0.717) is 12.0 Å². The summed E-state index contributed by atoms with van der Waals surface area (Å²) in [6, 6.07) is 15.0. The molecule has 0 radical (unpaired) electrons. The van der Waals surface area contributed by atoms with Gasteiger partial charge in [-0.05, 0) is 43.0 Å². The lowest BCUT2D eigenvalue weighted by Crippen LogP contribution is -2.04. The maximum Gasteiger partial charge on any atom is 0.126 e. The molecule has 1 nitrogen and oxygen atoms in total. The van der Waals surface area contributed by atoms with Crippen molar-refractivity contribution in [3.05, 3.63) is 70.5 Å². The van der Waals surface area contributed by atoms with Crippen LogP contribution in [-0.2, 0) is 6.42 Å². The van der Waals surface area contributed by atoms with Crippen LogP contribution in [0.4, 0.5) is 4.39 Å². The van der Waals surface area contributed by atoms with Crippen molar-refractivity contribution in [3.8, 4) is 6.07 Å². The van der Waals surface area contributed by atoms with Gasteiger partial charge in [0.25, 0.3) is 0 Å². The SMILES string of the molecule is Cc1ccc(C)c(C(C#N)Cc2ccccc2F)c1. The highest BCUT2D eigenvalue weighted by atomic mass is 19.1. The summed E-state index contributed by atoms with van der Waals surface area (Å²) in [6.45, 7) is 3.99. The summed E-state index contributed by atoms with van der Waals surface area (Å²) >= 11 is 0. The second-order valence-electron chi connectivity index (χ2n) is 4.84. The van der Waals surface area contributed by atoms with Crippen molar-refractivity contribution in [2.45, 2.75) is 26.2 Å². The molecule has 0 aliphatic rings. The molecule has 2 heteroatoms. The fourth-order valence-electron chi connectivity index (χ4n) is 2.24. The van der Waals surface area contributed by atoms with E-state index in [0.717, 1.165) is 16.7 Å². The van der Waals surface area contributed by atoms with Crippen molar-refractivity contribution in [2.75, 3.05) is 0 Å². The Hall–Kier alpha value is -2.14. The average Bonchev–Trinajstić information content (AvgIpc) is 2.41. The van der Waals surface area contributed by atoms with Gasteiger partial charge < -0.3 is 0 Å². The quantitative estimate of drug-likeness (QED) is 0.800. The van der Waals surface area contributed by atoms with Gasteiger partial charge in [-0.2, -0.15) is 5.26 Å². The summed E-state index contributed by atoms with van der Waals surface area (Å²) in [6.07, 6.45) is 0.410. The van der Waals surface area contributed by atoms with E-state index < -0.39 is 0 Å². The molecular formula is C17H16FN. The largest absolute Gasteiger partial charge is 0.207 e. The van der Waals surface area contributed by atoms with Crippen LogP contribution in [-0.4, -0.2) is 0 Å². The predicted octanol–water partition coefficient (Wildman–Crippen LogP) is 4.29. The van der Waals surface area contributed by atoms with Gasteiger partial charge in [-0.3, -0.25) is 0 Å². The van der Waals surface area contributed by atoms with Crippen molar-refractivity contribution >= 4 is 0 Å². The highest BCUT2D eigenvalue weighted by Crippen LogP contribution is 2.25. The minimum Gasteiger partial charge on any atom is -0.207 e. The van der Waals surface area contributed by atoms with E-state index in [1.165, 1.54) is 6.07 Å². The first kappa shape index (κ1) is 13.3.